The fraction of sp³-hybridized carbons (Fsp3) is 0.440. The van der Waals surface area contributed by atoms with Crippen LogP contribution in [-0.2, 0) is 4.74 Å². The number of anilines is 2. The van der Waals surface area contributed by atoms with E-state index in [1.54, 1.807) is 43.3 Å². The summed E-state index contributed by atoms with van der Waals surface area (Å²) in [6, 6.07) is 10.3. The topological polar surface area (TPSA) is 83.1 Å². The van der Waals surface area contributed by atoms with E-state index in [0.717, 1.165) is 6.54 Å². The first-order valence-electron chi connectivity index (χ1n) is 11.3. The van der Waals surface area contributed by atoms with Crippen LogP contribution in [0.4, 0.5) is 20.6 Å². The molecule has 1 heterocycles. The summed E-state index contributed by atoms with van der Waals surface area (Å²) in [5.41, 5.74) is 0.763. The molecular weight excluding hydrogens is 439 g/mol. The average molecular weight is 473 g/mol. The van der Waals surface area contributed by atoms with E-state index in [2.05, 4.69) is 29.4 Å². The highest BCUT2D eigenvalue weighted by atomic mass is 19.1. The van der Waals surface area contributed by atoms with E-state index in [1.165, 1.54) is 18.2 Å². The lowest BCUT2D eigenvalue weighted by Gasteiger charge is -2.34. The van der Waals surface area contributed by atoms with Gasteiger partial charge >= 0.3 is 6.03 Å². The molecule has 0 saturated heterocycles. The summed E-state index contributed by atoms with van der Waals surface area (Å²) in [7, 11) is 5.41. The maximum Gasteiger partial charge on any atom is 0.323 e. The van der Waals surface area contributed by atoms with Gasteiger partial charge in [-0.1, -0.05) is 19.1 Å². The molecule has 9 heteroatoms. The molecule has 0 bridgehead atoms. The zero-order chi connectivity index (χ0) is 24.8. The number of para-hydroxylation sites is 1. The summed E-state index contributed by atoms with van der Waals surface area (Å²) in [6.07, 6.45) is -0.139. The van der Waals surface area contributed by atoms with Gasteiger partial charge in [0.15, 0.2) is 0 Å². The minimum Gasteiger partial charge on any atom is -0.491 e. The molecule has 3 atom stereocenters. The van der Waals surface area contributed by atoms with Crippen molar-refractivity contribution >= 4 is 23.3 Å². The third-order valence-electron chi connectivity index (χ3n) is 6.14. The third kappa shape index (κ3) is 6.24. The number of hydrogen-bond acceptors (Lipinski definition) is 5. The zero-order valence-electron chi connectivity index (χ0n) is 20.3. The quantitative estimate of drug-likeness (QED) is 0.708. The molecule has 184 valence electrons. The highest BCUT2D eigenvalue weighted by Gasteiger charge is 2.27. The number of nitrogens with one attached hydrogen (secondary N) is 2. The Bertz CT molecular complexity index is 1020. The van der Waals surface area contributed by atoms with Gasteiger partial charge in [0.2, 0.25) is 0 Å². The van der Waals surface area contributed by atoms with E-state index in [9.17, 15) is 14.0 Å². The van der Waals surface area contributed by atoms with Gasteiger partial charge in [-0.15, -0.1) is 0 Å². The molecule has 0 saturated carbocycles. The molecule has 0 aliphatic carbocycles. The molecule has 0 radical (unpaired) electrons. The summed E-state index contributed by atoms with van der Waals surface area (Å²) < 4.78 is 25.6. The molecule has 0 fully saturated rings. The van der Waals surface area contributed by atoms with Crippen molar-refractivity contribution in [3.63, 3.8) is 0 Å². The van der Waals surface area contributed by atoms with Crippen LogP contribution in [0.1, 0.15) is 24.2 Å². The molecular formula is C25H33FN4O4. The summed E-state index contributed by atoms with van der Waals surface area (Å²) >= 11 is 0. The Labute approximate surface area is 200 Å². The Morgan fingerprint density at radius 1 is 1.12 bits per heavy atom. The zero-order valence-corrected chi connectivity index (χ0v) is 20.3. The molecule has 2 aromatic rings. The molecule has 0 spiro atoms. The smallest absolute Gasteiger partial charge is 0.323 e. The van der Waals surface area contributed by atoms with E-state index in [4.69, 9.17) is 9.47 Å². The number of rotatable bonds is 3. The van der Waals surface area contributed by atoms with Crippen molar-refractivity contribution in [1.82, 2.24) is 9.80 Å². The standard InChI is InChI=1S/C25H33FN4O4/c1-16-13-29(3)17(2)15-34-22-11-10-18(12-19(22)24(31)30(4)14-23(16)33-5)27-25(32)28-21-9-7-6-8-20(21)26/h6-12,16-17,23H,13-15H2,1-5H3,(H2,27,28,32)/t16-,17-,23+/m0/s1. The molecule has 3 amide bonds. The molecule has 3 rings (SSSR count). The van der Waals surface area contributed by atoms with Gasteiger partial charge in [0.05, 0.1) is 17.4 Å². The lowest BCUT2D eigenvalue weighted by Crippen LogP contribution is -2.45. The first kappa shape index (κ1) is 25.5. The monoisotopic (exact) mass is 472 g/mol. The van der Waals surface area contributed by atoms with Crippen molar-refractivity contribution in [3.8, 4) is 5.75 Å². The number of benzene rings is 2. The summed E-state index contributed by atoms with van der Waals surface area (Å²) in [4.78, 5) is 29.6. The second kappa shape index (κ2) is 11.3. The number of fused-ring (bicyclic) bond motifs is 1. The minimum absolute atomic E-state index is 0.0586. The predicted octanol–water partition coefficient (Wildman–Crippen LogP) is 3.91. The first-order valence-corrected chi connectivity index (χ1v) is 11.3. The van der Waals surface area contributed by atoms with Gasteiger partial charge in [-0.2, -0.15) is 0 Å². The van der Waals surface area contributed by atoms with Crippen LogP contribution in [0.2, 0.25) is 0 Å². The Hall–Kier alpha value is -3.17. The largest absolute Gasteiger partial charge is 0.491 e. The number of amides is 3. The number of halogens is 1. The van der Waals surface area contributed by atoms with Crippen molar-refractivity contribution in [2.24, 2.45) is 5.92 Å². The highest BCUT2D eigenvalue weighted by Crippen LogP contribution is 2.26. The highest BCUT2D eigenvalue weighted by molar-refractivity contribution is 6.02. The van der Waals surface area contributed by atoms with Gasteiger partial charge in [0.1, 0.15) is 18.2 Å². The molecule has 1 aliphatic rings. The molecule has 2 N–H and O–H groups in total. The van der Waals surface area contributed by atoms with Gasteiger partial charge in [-0.25, -0.2) is 9.18 Å². The fourth-order valence-electron chi connectivity index (χ4n) is 3.88. The second-order valence-corrected chi connectivity index (χ2v) is 8.81. The van der Waals surface area contributed by atoms with E-state index in [1.807, 2.05) is 7.05 Å². The number of urea groups is 1. The van der Waals surface area contributed by atoms with E-state index >= 15 is 0 Å². The molecule has 8 nitrogen and oxygen atoms in total. The lowest BCUT2D eigenvalue weighted by atomic mass is 10.0. The van der Waals surface area contributed by atoms with Crippen LogP contribution in [0.25, 0.3) is 0 Å². The van der Waals surface area contributed by atoms with E-state index in [-0.39, 0.29) is 29.7 Å². The molecule has 34 heavy (non-hydrogen) atoms. The van der Waals surface area contributed by atoms with Crippen LogP contribution in [-0.4, -0.2) is 74.8 Å². The van der Waals surface area contributed by atoms with Crippen LogP contribution in [0.15, 0.2) is 42.5 Å². The number of ether oxygens (including phenoxy) is 2. The van der Waals surface area contributed by atoms with Gasteiger partial charge in [-0.3, -0.25) is 9.69 Å². The summed E-state index contributed by atoms with van der Waals surface area (Å²) in [6.45, 7) is 5.77. The maximum absolute atomic E-state index is 13.8. The number of carbonyl (C=O) groups excluding carboxylic acids is 2. The molecule has 0 unspecified atom stereocenters. The molecule has 2 aromatic carbocycles. The Morgan fingerprint density at radius 2 is 1.85 bits per heavy atom. The van der Waals surface area contributed by atoms with Crippen LogP contribution >= 0.6 is 0 Å². The normalized spacial score (nSPS) is 22.1. The van der Waals surface area contributed by atoms with Crippen molar-refractivity contribution in [2.45, 2.75) is 26.0 Å². The number of hydrogen-bond donors (Lipinski definition) is 2. The number of methoxy groups -OCH3 is 1. The van der Waals surface area contributed by atoms with Crippen molar-refractivity contribution in [1.29, 1.82) is 0 Å². The third-order valence-corrected chi connectivity index (χ3v) is 6.14. The lowest BCUT2D eigenvalue weighted by molar-refractivity contribution is 0.0150. The van der Waals surface area contributed by atoms with Crippen molar-refractivity contribution < 1.29 is 23.5 Å². The Kier molecular flexibility index (Phi) is 8.46. The van der Waals surface area contributed by atoms with Gasteiger partial charge < -0.3 is 25.0 Å². The number of carbonyl (C=O) groups is 2. The summed E-state index contributed by atoms with van der Waals surface area (Å²) in [5, 5.41) is 5.13. The predicted molar refractivity (Wildman–Crippen MR) is 130 cm³/mol. The van der Waals surface area contributed by atoms with Crippen molar-refractivity contribution in [3.05, 3.63) is 53.8 Å². The van der Waals surface area contributed by atoms with Gasteiger partial charge in [0.25, 0.3) is 5.91 Å². The van der Waals surface area contributed by atoms with Crippen LogP contribution in [0, 0.1) is 11.7 Å². The minimum atomic E-state index is -0.622. The van der Waals surface area contributed by atoms with Crippen LogP contribution in [0.3, 0.4) is 0 Å². The van der Waals surface area contributed by atoms with Crippen molar-refractivity contribution in [2.75, 3.05) is 51.5 Å². The molecule has 0 aromatic heterocycles. The SMILES string of the molecule is CO[C@@H]1CN(C)C(=O)c2cc(NC(=O)Nc3ccccc3F)ccc2OC[C@H](C)N(C)C[C@@H]1C. The fourth-order valence-corrected chi connectivity index (χ4v) is 3.88. The van der Waals surface area contributed by atoms with Gasteiger partial charge in [0, 0.05) is 39.0 Å². The van der Waals surface area contributed by atoms with Gasteiger partial charge in [-0.05, 0) is 50.2 Å². The average Bonchev–Trinajstić information content (AvgIpc) is 2.81. The van der Waals surface area contributed by atoms with E-state index < -0.39 is 11.8 Å². The summed E-state index contributed by atoms with van der Waals surface area (Å²) in [5.74, 6) is -0.160. The first-order chi connectivity index (χ1) is 16.2. The molecule has 1 aliphatic heterocycles. The van der Waals surface area contributed by atoms with Crippen LogP contribution in [0.5, 0.6) is 5.75 Å². The Morgan fingerprint density at radius 3 is 2.56 bits per heavy atom. The second-order valence-electron chi connectivity index (χ2n) is 8.81. The van der Waals surface area contributed by atoms with E-state index in [0.29, 0.717) is 30.2 Å². The maximum atomic E-state index is 13.8. The number of nitrogens with zero attached hydrogens (tertiary/aromatic N) is 2. The Balaban J connectivity index is 1.85. The number of likely N-dealkylation sites (N-methyl/N-ethyl adjacent to an activating group) is 2. The van der Waals surface area contributed by atoms with Crippen LogP contribution < -0.4 is 15.4 Å².